The van der Waals surface area contributed by atoms with Crippen LogP contribution in [0.3, 0.4) is 0 Å². The van der Waals surface area contributed by atoms with Gasteiger partial charge in [-0.2, -0.15) is 0 Å². The summed E-state index contributed by atoms with van der Waals surface area (Å²) in [4.78, 5) is 13.6. The van der Waals surface area contributed by atoms with E-state index in [0.717, 1.165) is 4.90 Å². The van der Waals surface area contributed by atoms with Crippen LogP contribution in [0.4, 0.5) is 0 Å². The molecule has 1 aromatic carbocycles. The van der Waals surface area contributed by atoms with Gasteiger partial charge in [0.15, 0.2) is 16.6 Å². The zero-order valence-corrected chi connectivity index (χ0v) is 26.0. The number of amides is 1. The van der Waals surface area contributed by atoms with Crippen molar-refractivity contribution in [2.75, 3.05) is 12.4 Å². The van der Waals surface area contributed by atoms with E-state index in [1.807, 2.05) is 37.3 Å². The topological polar surface area (TPSA) is 64.6 Å². The number of carbonyl (C=O) groups excluding carboxylic acids is 1. The Bertz CT molecular complexity index is 862. The van der Waals surface area contributed by atoms with Crippen molar-refractivity contribution in [3.05, 3.63) is 30.3 Å². The first-order valence-electron chi connectivity index (χ1n) is 12.4. The van der Waals surface area contributed by atoms with E-state index in [0.29, 0.717) is 12.4 Å². The van der Waals surface area contributed by atoms with Gasteiger partial charge in [-0.15, -0.1) is 0 Å². The fourth-order valence-electron chi connectivity index (χ4n) is 3.70. The van der Waals surface area contributed by atoms with Gasteiger partial charge in [0.05, 0.1) is 22.8 Å². The number of benzene rings is 1. The lowest BCUT2D eigenvalue weighted by Gasteiger charge is -2.48. The van der Waals surface area contributed by atoms with Crippen LogP contribution >= 0.6 is 0 Å². The Balaban J connectivity index is 2.26. The molecule has 2 rings (SSSR count). The monoisotopic (exact) mass is 525 g/mol. The molecule has 1 fully saturated rings. The Morgan fingerprint density at radius 3 is 1.97 bits per heavy atom. The molecule has 1 N–H and O–H groups in total. The molecule has 1 aromatic rings. The molecule has 5 atom stereocenters. The van der Waals surface area contributed by atoms with Crippen LogP contribution in [0.25, 0.3) is 0 Å². The molecule has 8 heteroatoms. The molecular weight excluding hydrogens is 479 g/mol. The van der Waals surface area contributed by atoms with Gasteiger partial charge in [-0.25, -0.2) is 0 Å². The van der Waals surface area contributed by atoms with Crippen molar-refractivity contribution in [3.63, 3.8) is 0 Å². The van der Waals surface area contributed by atoms with Gasteiger partial charge in [0.25, 0.3) is 0 Å². The predicted octanol–water partition coefficient (Wildman–Crippen LogP) is 5.96. The van der Waals surface area contributed by atoms with E-state index < -0.39 is 27.4 Å². The van der Waals surface area contributed by atoms with Crippen molar-refractivity contribution in [3.8, 4) is 0 Å². The summed E-state index contributed by atoms with van der Waals surface area (Å²) < 4.78 is 26.5. The zero-order valence-electron chi connectivity index (χ0n) is 23.2. The smallest absolute Gasteiger partial charge is 0.228 e. The van der Waals surface area contributed by atoms with Gasteiger partial charge in [-0.05, 0) is 55.3 Å². The maximum Gasteiger partial charge on any atom is 0.228 e. The number of rotatable bonds is 10. The lowest BCUT2D eigenvalue weighted by atomic mass is 9.79. The van der Waals surface area contributed by atoms with Crippen molar-refractivity contribution in [2.24, 2.45) is 11.8 Å². The van der Waals surface area contributed by atoms with E-state index in [2.05, 4.69) is 73.0 Å². The van der Waals surface area contributed by atoms with Crippen LogP contribution < -0.4 is 5.32 Å². The minimum absolute atomic E-state index is 0.0269. The largest absolute Gasteiger partial charge is 0.416 e. The fourth-order valence-corrected chi connectivity index (χ4v) is 7.54. The summed E-state index contributed by atoms with van der Waals surface area (Å²) in [5.74, 6) is 0.171. The van der Waals surface area contributed by atoms with Crippen molar-refractivity contribution in [1.82, 2.24) is 5.32 Å². The molecule has 0 spiro atoms. The molecule has 1 aliphatic heterocycles. The van der Waals surface area contributed by atoms with Gasteiger partial charge in [-0.3, -0.25) is 9.00 Å². The van der Waals surface area contributed by atoms with Gasteiger partial charge >= 0.3 is 0 Å². The third-order valence-corrected chi connectivity index (χ3v) is 18.7. The molecule has 1 heterocycles. The number of hydrogen-bond donors (Lipinski definition) is 1. The Hall–Kier alpha value is -0.806. The van der Waals surface area contributed by atoms with Crippen LogP contribution in [0, 0.1) is 11.8 Å². The predicted molar refractivity (Wildman–Crippen MR) is 148 cm³/mol. The summed E-state index contributed by atoms with van der Waals surface area (Å²) >= 11 is 0. The number of hydrogen-bond acceptors (Lipinski definition) is 4. The molecule has 0 aromatic heterocycles. The lowest BCUT2D eigenvalue weighted by Crippen LogP contribution is -2.67. The van der Waals surface area contributed by atoms with Crippen LogP contribution in [-0.4, -0.2) is 51.3 Å². The normalized spacial score (nSPS) is 22.5. The second-order valence-corrected chi connectivity index (χ2v) is 23.9. The Morgan fingerprint density at radius 1 is 0.971 bits per heavy atom. The molecular formula is C26H47NO4SSi2. The van der Waals surface area contributed by atoms with E-state index in [1.165, 1.54) is 0 Å². The molecule has 1 saturated heterocycles. The Labute approximate surface area is 212 Å². The highest BCUT2D eigenvalue weighted by Crippen LogP contribution is 2.41. The standard InChI is InChI=1S/C26H47NO4SSi2/c1-19(31-34(10,11)26(5,6)7)22-23(27-24(22)28)20(17-30-33(8,9)25(2,3)4)18-32(29)21-15-13-12-14-16-21/h12-16,19-20,22-23H,17-18H2,1-11H3,(H,27,28)/t19-,20-,22-,23-,32?/m1/s1. The van der Waals surface area contributed by atoms with Crippen LogP contribution in [0.15, 0.2) is 35.2 Å². The van der Waals surface area contributed by atoms with Crippen LogP contribution in [0.2, 0.25) is 36.3 Å². The third kappa shape index (κ3) is 6.90. The lowest BCUT2D eigenvalue weighted by molar-refractivity contribution is -0.142. The number of nitrogens with one attached hydrogen (secondary N) is 1. The molecule has 1 aliphatic rings. The Morgan fingerprint density at radius 2 is 1.50 bits per heavy atom. The average Bonchev–Trinajstić information content (AvgIpc) is 2.67. The minimum Gasteiger partial charge on any atom is -0.416 e. The van der Waals surface area contributed by atoms with Gasteiger partial charge in [0.2, 0.25) is 5.91 Å². The van der Waals surface area contributed by atoms with Crippen molar-refractivity contribution in [2.45, 2.75) is 102 Å². The SMILES string of the molecule is C[C@@H](O[Si](C)(C)C(C)(C)C)[C@H]1C(=O)N[C@@H]1[C@H](CO[Si](C)(C)C(C)(C)C)CS(=O)c1ccccc1. The number of carbonyl (C=O) groups is 1. The molecule has 5 nitrogen and oxygen atoms in total. The van der Waals surface area contributed by atoms with Gasteiger partial charge < -0.3 is 14.2 Å². The van der Waals surface area contributed by atoms with Gasteiger partial charge in [0.1, 0.15) is 0 Å². The second-order valence-electron chi connectivity index (χ2n) is 12.8. The molecule has 0 bridgehead atoms. The summed E-state index contributed by atoms with van der Waals surface area (Å²) in [6.07, 6.45) is -0.194. The zero-order chi connectivity index (χ0) is 26.1. The van der Waals surface area contributed by atoms with E-state index >= 15 is 0 Å². The molecule has 0 aliphatic carbocycles. The molecule has 34 heavy (non-hydrogen) atoms. The third-order valence-electron chi connectivity index (χ3n) is 8.13. The quantitative estimate of drug-likeness (QED) is 0.302. The van der Waals surface area contributed by atoms with E-state index in [9.17, 15) is 9.00 Å². The fraction of sp³-hybridized carbons (Fsp3) is 0.731. The summed E-state index contributed by atoms with van der Waals surface area (Å²) in [5, 5.41) is 3.27. The van der Waals surface area contributed by atoms with E-state index in [1.54, 1.807) is 0 Å². The first kappa shape index (κ1) is 29.4. The maximum absolute atomic E-state index is 13.3. The van der Waals surface area contributed by atoms with Gasteiger partial charge in [0, 0.05) is 29.2 Å². The van der Waals surface area contributed by atoms with Crippen LogP contribution in [-0.2, 0) is 24.4 Å². The average molecular weight is 526 g/mol. The van der Waals surface area contributed by atoms with Crippen molar-refractivity contribution < 1.29 is 17.9 Å². The van der Waals surface area contributed by atoms with E-state index in [4.69, 9.17) is 8.85 Å². The number of β-lactam (4-membered cyclic amide) rings is 1. The molecule has 1 amide bonds. The minimum atomic E-state index is -2.03. The van der Waals surface area contributed by atoms with E-state index in [-0.39, 0.29) is 40.0 Å². The molecule has 194 valence electrons. The summed E-state index contributed by atoms with van der Waals surface area (Å²) in [7, 11) is -5.20. The van der Waals surface area contributed by atoms with Crippen molar-refractivity contribution in [1.29, 1.82) is 0 Å². The highest BCUT2D eigenvalue weighted by molar-refractivity contribution is 7.85. The van der Waals surface area contributed by atoms with Crippen LogP contribution in [0.1, 0.15) is 48.5 Å². The first-order chi connectivity index (χ1) is 15.4. The summed E-state index contributed by atoms with van der Waals surface area (Å²) in [6, 6.07) is 9.46. The molecule has 1 unspecified atom stereocenters. The maximum atomic E-state index is 13.3. The highest BCUT2D eigenvalue weighted by Gasteiger charge is 2.51. The summed E-state index contributed by atoms with van der Waals surface area (Å²) in [5.41, 5.74) is 0. The summed E-state index contributed by atoms with van der Waals surface area (Å²) in [6.45, 7) is 24.7. The first-order valence-corrected chi connectivity index (χ1v) is 19.6. The van der Waals surface area contributed by atoms with Crippen LogP contribution in [0.5, 0.6) is 0 Å². The van der Waals surface area contributed by atoms with Gasteiger partial charge in [-0.1, -0.05) is 59.7 Å². The second kappa shape index (κ2) is 10.7. The highest BCUT2D eigenvalue weighted by atomic mass is 32.2. The Kier molecular flexibility index (Phi) is 9.23. The molecule has 0 saturated carbocycles. The van der Waals surface area contributed by atoms with Crippen molar-refractivity contribution >= 4 is 33.3 Å². The molecule has 0 radical (unpaired) electrons.